The molecule has 0 radical (unpaired) electrons. The molecule has 1 atom stereocenters. The molecule has 0 saturated heterocycles. The molecule has 0 amide bonds. The molecule has 1 aromatic rings. The predicted molar refractivity (Wildman–Crippen MR) is 68.2 cm³/mol. The zero-order chi connectivity index (χ0) is 13.3. The van der Waals surface area contributed by atoms with Crippen molar-refractivity contribution in [1.82, 2.24) is 9.78 Å². The molecule has 5 nitrogen and oxygen atoms in total. The van der Waals surface area contributed by atoms with E-state index in [2.05, 4.69) is 5.10 Å². The molecule has 0 spiro atoms. The fraction of sp³-hybridized carbons (Fsp3) is 0.692. The molecule has 2 rings (SSSR count). The molecular weight excluding hydrogens is 230 g/mol. The summed E-state index contributed by atoms with van der Waals surface area (Å²) in [5.41, 5.74) is 5.75. The summed E-state index contributed by atoms with van der Waals surface area (Å²) in [5.74, 6) is -0.573. The Labute approximate surface area is 107 Å². The Hall–Kier alpha value is -1.36. The molecule has 1 aromatic heterocycles. The molecule has 1 fully saturated rings. The SMILES string of the molecule is CC(C)n1ccc(CC(CN)(C(=O)O)C2CC2)n1. The average Bonchev–Trinajstić information content (AvgIpc) is 3.05. The van der Waals surface area contributed by atoms with E-state index in [1.807, 2.05) is 30.8 Å². The topological polar surface area (TPSA) is 81.1 Å². The third-order valence-corrected chi connectivity index (χ3v) is 3.84. The van der Waals surface area contributed by atoms with Gasteiger partial charge < -0.3 is 10.8 Å². The fourth-order valence-electron chi connectivity index (χ4n) is 2.44. The van der Waals surface area contributed by atoms with Gasteiger partial charge in [-0.3, -0.25) is 9.48 Å². The summed E-state index contributed by atoms with van der Waals surface area (Å²) in [6.45, 7) is 4.28. The van der Waals surface area contributed by atoms with Crippen molar-refractivity contribution in [3.05, 3.63) is 18.0 Å². The third kappa shape index (κ3) is 2.27. The van der Waals surface area contributed by atoms with Gasteiger partial charge in [-0.25, -0.2) is 0 Å². The summed E-state index contributed by atoms with van der Waals surface area (Å²) < 4.78 is 1.85. The molecule has 0 aliphatic heterocycles. The third-order valence-electron chi connectivity index (χ3n) is 3.84. The van der Waals surface area contributed by atoms with Gasteiger partial charge in [-0.1, -0.05) is 0 Å². The quantitative estimate of drug-likeness (QED) is 0.801. The van der Waals surface area contributed by atoms with Gasteiger partial charge in [-0.15, -0.1) is 0 Å². The van der Waals surface area contributed by atoms with Crippen LogP contribution in [0.15, 0.2) is 12.3 Å². The van der Waals surface area contributed by atoms with Crippen molar-refractivity contribution in [1.29, 1.82) is 0 Å². The lowest BCUT2D eigenvalue weighted by molar-refractivity contribution is -0.149. The molecule has 3 N–H and O–H groups in total. The number of carboxylic acids is 1. The van der Waals surface area contributed by atoms with Gasteiger partial charge in [-0.05, 0) is 38.7 Å². The van der Waals surface area contributed by atoms with Gasteiger partial charge in [-0.2, -0.15) is 5.10 Å². The van der Waals surface area contributed by atoms with Gasteiger partial charge in [0.2, 0.25) is 0 Å². The highest BCUT2D eigenvalue weighted by molar-refractivity contribution is 5.76. The Morgan fingerprint density at radius 3 is 2.72 bits per heavy atom. The molecule has 1 heterocycles. The summed E-state index contributed by atoms with van der Waals surface area (Å²) in [7, 11) is 0. The van der Waals surface area contributed by atoms with E-state index in [-0.39, 0.29) is 18.5 Å². The van der Waals surface area contributed by atoms with Crippen LogP contribution in [0.4, 0.5) is 0 Å². The van der Waals surface area contributed by atoms with Gasteiger partial charge in [0.15, 0.2) is 0 Å². The first-order valence-electron chi connectivity index (χ1n) is 6.47. The number of carboxylic acid groups (broad SMARTS) is 1. The molecule has 1 saturated carbocycles. The van der Waals surface area contributed by atoms with Crippen molar-refractivity contribution in [3.63, 3.8) is 0 Å². The Morgan fingerprint density at radius 1 is 1.67 bits per heavy atom. The monoisotopic (exact) mass is 251 g/mol. The first-order chi connectivity index (χ1) is 8.49. The molecule has 0 bridgehead atoms. The zero-order valence-corrected chi connectivity index (χ0v) is 11.0. The van der Waals surface area contributed by atoms with Gasteiger partial charge in [0.05, 0.1) is 11.1 Å². The number of nitrogens with zero attached hydrogens (tertiary/aromatic N) is 2. The van der Waals surface area contributed by atoms with Crippen molar-refractivity contribution < 1.29 is 9.90 Å². The Balaban J connectivity index is 2.20. The van der Waals surface area contributed by atoms with Crippen LogP contribution in [-0.4, -0.2) is 27.4 Å². The molecule has 100 valence electrons. The van der Waals surface area contributed by atoms with Crippen LogP contribution in [0, 0.1) is 11.3 Å². The Morgan fingerprint density at radius 2 is 2.33 bits per heavy atom. The number of rotatable bonds is 6. The lowest BCUT2D eigenvalue weighted by Crippen LogP contribution is -2.42. The van der Waals surface area contributed by atoms with E-state index >= 15 is 0 Å². The van der Waals surface area contributed by atoms with Crippen LogP contribution >= 0.6 is 0 Å². The second-order valence-corrected chi connectivity index (χ2v) is 5.50. The normalized spacial score (nSPS) is 18.9. The number of hydrogen-bond acceptors (Lipinski definition) is 3. The maximum atomic E-state index is 11.6. The summed E-state index contributed by atoms with van der Waals surface area (Å²) in [6, 6.07) is 2.19. The van der Waals surface area contributed by atoms with Crippen LogP contribution in [0.2, 0.25) is 0 Å². The first-order valence-corrected chi connectivity index (χ1v) is 6.47. The van der Waals surface area contributed by atoms with Crippen molar-refractivity contribution >= 4 is 5.97 Å². The van der Waals surface area contributed by atoms with Crippen LogP contribution in [0.1, 0.15) is 38.4 Å². The van der Waals surface area contributed by atoms with E-state index in [1.54, 1.807) is 0 Å². The number of hydrogen-bond donors (Lipinski definition) is 2. The minimum atomic E-state index is -0.823. The predicted octanol–water partition coefficient (Wildman–Crippen LogP) is 1.45. The van der Waals surface area contributed by atoms with Gasteiger partial charge in [0, 0.05) is 25.2 Å². The van der Waals surface area contributed by atoms with E-state index in [4.69, 9.17) is 5.73 Å². The molecule has 5 heteroatoms. The Kier molecular flexibility index (Phi) is 3.43. The molecular formula is C13H21N3O2. The lowest BCUT2D eigenvalue weighted by Gasteiger charge is -2.27. The van der Waals surface area contributed by atoms with E-state index in [9.17, 15) is 9.90 Å². The van der Waals surface area contributed by atoms with E-state index in [1.165, 1.54) is 0 Å². The van der Waals surface area contributed by atoms with Crippen LogP contribution < -0.4 is 5.73 Å². The largest absolute Gasteiger partial charge is 0.481 e. The minimum Gasteiger partial charge on any atom is -0.481 e. The number of aromatic nitrogens is 2. The molecule has 1 aliphatic carbocycles. The molecule has 18 heavy (non-hydrogen) atoms. The highest BCUT2D eigenvalue weighted by Crippen LogP contribution is 2.47. The minimum absolute atomic E-state index is 0.182. The fourth-order valence-corrected chi connectivity index (χ4v) is 2.44. The van der Waals surface area contributed by atoms with E-state index in [0.29, 0.717) is 6.42 Å². The van der Waals surface area contributed by atoms with Crippen molar-refractivity contribution in [2.45, 2.75) is 39.2 Å². The highest BCUT2D eigenvalue weighted by Gasteiger charge is 2.50. The van der Waals surface area contributed by atoms with E-state index in [0.717, 1.165) is 18.5 Å². The maximum absolute atomic E-state index is 11.6. The Bertz CT molecular complexity index is 437. The summed E-state index contributed by atoms with van der Waals surface area (Å²) >= 11 is 0. The number of aliphatic carboxylic acids is 1. The number of carbonyl (C=O) groups is 1. The second-order valence-electron chi connectivity index (χ2n) is 5.50. The van der Waals surface area contributed by atoms with Gasteiger partial charge >= 0.3 is 5.97 Å². The molecule has 0 aromatic carbocycles. The standard InChI is InChI=1S/C13H21N3O2/c1-9(2)16-6-5-11(15-16)7-13(8-14,12(17)18)10-3-4-10/h5-6,9-10H,3-4,7-8,14H2,1-2H3,(H,17,18). The number of nitrogens with two attached hydrogens (primary N) is 1. The maximum Gasteiger partial charge on any atom is 0.311 e. The van der Waals surface area contributed by atoms with Crippen molar-refractivity contribution in [2.24, 2.45) is 17.1 Å². The highest BCUT2D eigenvalue weighted by atomic mass is 16.4. The van der Waals surface area contributed by atoms with Crippen LogP contribution in [-0.2, 0) is 11.2 Å². The summed E-state index contributed by atoms with van der Waals surface area (Å²) in [4.78, 5) is 11.6. The second kappa shape index (κ2) is 4.72. The smallest absolute Gasteiger partial charge is 0.311 e. The van der Waals surface area contributed by atoms with Crippen molar-refractivity contribution in [3.8, 4) is 0 Å². The summed E-state index contributed by atoms with van der Waals surface area (Å²) in [6.07, 6.45) is 4.27. The van der Waals surface area contributed by atoms with Crippen LogP contribution in [0.3, 0.4) is 0 Å². The lowest BCUT2D eigenvalue weighted by atomic mass is 9.78. The van der Waals surface area contributed by atoms with E-state index < -0.39 is 11.4 Å². The summed E-state index contributed by atoms with van der Waals surface area (Å²) in [5, 5.41) is 13.9. The van der Waals surface area contributed by atoms with Crippen LogP contribution in [0.25, 0.3) is 0 Å². The van der Waals surface area contributed by atoms with Gasteiger partial charge in [0.25, 0.3) is 0 Å². The van der Waals surface area contributed by atoms with Crippen LogP contribution in [0.5, 0.6) is 0 Å². The van der Waals surface area contributed by atoms with Gasteiger partial charge in [0.1, 0.15) is 0 Å². The average molecular weight is 251 g/mol. The zero-order valence-electron chi connectivity index (χ0n) is 11.0. The first kappa shape index (κ1) is 13.1. The van der Waals surface area contributed by atoms with Crippen molar-refractivity contribution in [2.75, 3.05) is 6.54 Å². The molecule has 1 unspecified atom stereocenters. The molecule has 1 aliphatic rings.